The molecule has 2 aromatic carbocycles. The summed E-state index contributed by atoms with van der Waals surface area (Å²) in [5.74, 6) is 1.47. The largest absolute Gasteiger partial charge is 0.492 e. The predicted molar refractivity (Wildman–Crippen MR) is 124 cm³/mol. The minimum Gasteiger partial charge on any atom is -0.492 e. The third kappa shape index (κ3) is 5.14. The van der Waals surface area contributed by atoms with Gasteiger partial charge in [-0.05, 0) is 49.9 Å². The number of nitrogens with one attached hydrogen (secondary N) is 2. The van der Waals surface area contributed by atoms with Crippen LogP contribution in [0.5, 0.6) is 5.75 Å². The molecule has 0 saturated carbocycles. The van der Waals surface area contributed by atoms with Gasteiger partial charge in [-0.25, -0.2) is 0 Å². The number of carbonyl (C=O) groups is 1. The van der Waals surface area contributed by atoms with Gasteiger partial charge in [0.25, 0.3) is 5.91 Å². The molecule has 2 N–H and O–H groups in total. The number of hydrogen-bond acceptors (Lipinski definition) is 3. The summed E-state index contributed by atoms with van der Waals surface area (Å²) < 4.78 is 5.80. The van der Waals surface area contributed by atoms with Crippen LogP contribution < -0.4 is 19.9 Å². The van der Waals surface area contributed by atoms with Crippen molar-refractivity contribution in [1.29, 1.82) is 0 Å². The maximum Gasteiger partial charge on any atom is 0.282 e. The van der Waals surface area contributed by atoms with Crippen LogP contribution in [-0.4, -0.2) is 44.7 Å². The average Bonchev–Trinajstić information content (AvgIpc) is 2.79. The molecule has 3 rings (SSSR count). The molecule has 1 aliphatic heterocycles. The number of benzene rings is 2. The highest BCUT2D eigenvalue weighted by atomic mass is 16.5. The summed E-state index contributed by atoms with van der Waals surface area (Å²) in [6.45, 7) is 12.8. The first kappa shape index (κ1) is 22.2. The van der Waals surface area contributed by atoms with Gasteiger partial charge in [-0.3, -0.25) is 4.79 Å². The minimum atomic E-state index is -0.0840. The molecule has 1 fully saturated rings. The Balaban J connectivity index is 1.61. The lowest BCUT2D eigenvalue weighted by Gasteiger charge is -2.36. The zero-order valence-corrected chi connectivity index (χ0v) is 18.8. The van der Waals surface area contributed by atoms with Crippen molar-refractivity contribution >= 4 is 17.3 Å². The van der Waals surface area contributed by atoms with Crippen molar-refractivity contribution < 1.29 is 14.4 Å². The van der Waals surface area contributed by atoms with Crippen LogP contribution in [-0.2, 0) is 4.79 Å². The Bertz CT molecular complexity index is 831. The van der Waals surface area contributed by atoms with Gasteiger partial charge in [0.15, 0.2) is 6.04 Å². The van der Waals surface area contributed by atoms with E-state index < -0.39 is 0 Å². The number of anilines is 2. The van der Waals surface area contributed by atoms with E-state index in [9.17, 15) is 4.79 Å². The molecule has 1 heterocycles. The van der Waals surface area contributed by atoms with Crippen molar-refractivity contribution in [3.63, 3.8) is 0 Å². The number of piperazine rings is 1. The predicted octanol–water partition coefficient (Wildman–Crippen LogP) is 3.33. The van der Waals surface area contributed by atoms with Gasteiger partial charge in [0.2, 0.25) is 0 Å². The number of carbonyl (C=O) groups excluding carboxylic acids is 1. The second kappa shape index (κ2) is 10.5. The summed E-state index contributed by atoms with van der Waals surface area (Å²) in [7, 11) is 0. The Morgan fingerprint density at radius 1 is 1.07 bits per heavy atom. The number of hydrogen-bond donors (Lipinski definition) is 2. The molecule has 0 radical (unpaired) electrons. The number of rotatable bonds is 8. The minimum absolute atomic E-state index is 0.0840. The molecule has 0 aromatic heterocycles. The molecule has 2 atom stereocenters. The van der Waals surface area contributed by atoms with E-state index in [0.29, 0.717) is 12.5 Å². The summed E-state index contributed by atoms with van der Waals surface area (Å²) in [6, 6.07) is 16.3. The molecule has 30 heavy (non-hydrogen) atoms. The molecule has 0 bridgehead atoms. The molecular formula is C25H36N3O2+. The maximum atomic E-state index is 13.0. The lowest BCUT2D eigenvalue weighted by Crippen LogP contribution is -3.19. The Kier molecular flexibility index (Phi) is 7.75. The quantitative estimate of drug-likeness (QED) is 0.702. The lowest BCUT2D eigenvalue weighted by molar-refractivity contribution is -0.914. The van der Waals surface area contributed by atoms with Crippen molar-refractivity contribution in [2.75, 3.05) is 43.0 Å². The van der Waals surface area contributed by atoms with Crippen LogP contribution in [0.25, 0.3) is 0 Å². The van der Waals surface area contributed by atoms with Gasteiger partial charge in [-0.2, -0.15) is 0 Å². The van der Waals surface area contributed by atoms with Gasteiger partial charge in [0.05, 0.1) is 38.5 Å². The second-order valence-electron chi connectivity index (χ2n) is 8.15. The van der Waals surface area contributed by atoms with E-state index in [1.54, 1.807) is 0 Å². The number of amides is 1. The highest BCUT2D eigenvalue weighted by Gasteiger charge is 2.30. The summed E-state index contributed by atoms with van der Waals surface area (Å²) in [5.41, 5.74) is 3.32. The fourth-order valence-corrected chi connectivity index (χ4v) is 4.15. The Labute approximate surface area is 181 Å². The normalized spacial score (nSPS) is 16.7. The van der Waals surface area contributed by atoms with Gasteiger partial charge in [0, 0.05) is 5.69 Å². The van der Waals surface area contributed by atoms with Gasteiger partial charge in [-0.15, -0.1) is 0 Å². The summed E-state index contributed by atoms with van der Waals surface area (Å²) >= 11 is 0. The number of quaternary nitrogens is 1. The maximum absolute atomic E-state index is 13.0. The van der Waals surface area contributed by atoms with E-state index in [2.05, 4.69) is 42.3 Å². The van der Waals surface area contributed by atoms with Gasteiger partial charge < -0.3 is 19.9 Å². The summed E-state index contributed by atoms with van der Waals surface area (Å²) in [4.78, 5) is 16.7. The van der Waals surface area contributed by atoms with Crippen molar-refractivity contribution in [2.45, 2.75) is 46.1 Å². The molecule has 1 amide bonds. The molecule has 1 saturated heterocycles. The molecule has 1 aliphatic rings. The lowest BCUT2D eigenvalue weighted by atomic mass is 9.97. The van der Waals surface area contributed by atoms with Crippen LogP contribution in [0.3, 0.4) is 0 Å². The monoisotopic (exact) mass is 410 g/mol. The first-order chi connectivity index (χ1) is 14.5. The van der Waals surface area contributed by atoms with Crippen molar-refractivity contribution in [3.05, 3.63) is 54.1 Å². The van der Waals surface area contributed by atoms with E-state index >= 15 is 0 Å². The van der Waals surface area contributed by atoms with Gasteiger partial charge in [-0.1, -0.05) is 44.2 Å². The topological polar surface area (TPSA) is 46.0 Å². The van der Waals surface area contributed by atoms with E-state index in [0.717, 1.165) is 49.7 Å². The van der Waals surface area contributed by atoms with Crippen LogP contribution in [0.15, 0.2) is 48.5 Å². The Hall–Kier alpha value is -2.53. The fourth-order valence-electron chi connectivity index (χ4n) is 4.15. The molecule has 0 spiro atoms. The standard InChI is InChI=1S/C25H35N3O2/c1-5-19(3)21-11-7-8-12-22(21)26-25(29)20(4)27-15-17-28(18-16-27)23-13-9-10-14-24(23)30-6-2/h7-14,19-20H,5-6,15-18H2,1-4H3,(H,26,29)/p+1/t19-,20-/m1/s1. The zero-order chi connectivity index (χ0) is 21.5. The third-order valence-corrected chi connectivity index (χ3v) is 6.28. The van der Waals surface area contributed by atoms with Crippen LogP contribution in [0, 0.1) is 0 Å². The molecule has 5 nitrogen and oxygen atoms in total. The highest BCUT2D eigenvalue weighted by molar-refractivity contribution is 5.94. The van der Waals surface area contributed by atoms with E-state index in [1.165, 1.54) is 10.5 Å². The van der Waals surface area contributed by atoms with Crippen LogP contribution in [0.2, 0.25) is 0 Å². The van der Waals surface area contributed by atoms with Crippen molar-refractivity contribution in [2.24, 2.45) is 0 Å². The molecule has 0 unspecified atom stereocenters. The van der Waals surface area contributed by atoms with E-state index in [-0.39, 0.29) is 11.9 Å². The van der Waals surface area contributed by atoms with Crippen LogP contribution >= 0.6 is 0 Å². The van der Waals surface area contributed by atoms with Gasteiger partial charge >= 0.3 is 0 Å². The summed E-state index contributed by atoms with van der Waals surface area (Å²) in [5, 5.41) is 3.20. The summed E-state index contributed by atoms with van der Waals surface area (Å²) in [6.07, 6.45) is 1.05. The average molecular weight is 411 g/mol. The highest BCUT2D eigenvalue weighted by Crippen LogP contribution is 2.28. The van der Waals surface area contributed by atoms with Gasteiger partial charge in [0.1, 0.15) is 5.75 Å². The SMILES string of the molecule is CCOc1ccccc1N1CC[NH+]([C@H](C)C(=O)Nc2ccccc2[C@H](C)CC)CC1. The molecular weight excluding hydrogens is 374 g/mol. The zero-order valence-electron chi connectivity index (χ0n) is 18.8. The molecule has 162 valence electrons. The van der Waals surface area contributed by atoms with Crippen molar-refractivity contribution in [1.82, 2.24) is 0 Å². The van der Waals surface area contributed by atoms with E-state index in [1.807, 2.05) is 44.2 Å². The van der Waals surface area contributed by atoms with Crippen molar-refractivity contribution in [3.8, 4) is 5.75 Å². The first-order valence-corrected chi connectivity index (χ1v) is 11.3. The first-order valence-electron chi connectivity index (χ1n) is 11.3. The smallest absolute Gasteiger partial charge is 0.282 e. The Morgan fingerprint density at radius 2 is 1.73 bits per heavy atom. The molecule has 2 aromatic rings. The second-order valence-corrected chi connectivity index (χ2v) is 8.15. The third-order valence-electron chi connectivity index (χ3n) is 6.28. The van der Waals surface area contributed by atoms with E-state index in [4.69, 9.17) is 4.74 Å². The number of nitrogens with zero attached hydrogens (tertiary/aromatic N) is 1. The van der Waals surface area contributed by atoms with Crippen LogP contribution in [0.1, 0.15) is 45.6 Å². The molecule has 0 aliphatic carbocycles. The number of ether oxygens (including phenoxy) is 1. The van der Waals surface area contributed by atoms with Crippen LogP contribution in [0.4, 0.5) is 11.4 Å². The fraction of sp³-hybridized carbons (Fsp3) is 0.480. The molecule has 5 heteroatoms. The number of para-hydroxylation sites is 3. The Morgan fingerprint density at radius 3 is 2.43 bits per heavy atom.